The zero-order valence-electron chi connectivity index (χ0n) is 12.5. The van der Waals surface area contributed by atoms with Crippen LogP contribution >= 0.6 is 0 Å². The number of carbonyl (C=O) groups is 1. The third-order valence-corrected chi connectivity index (χ3v) is 2.81. The van der Waals surface area contributed by atoms with Crippen LogP contribution < -0.4 is 10.2 Å². The van der Waals surface area contributed by atoms with Gasteiger partial charge in [0.15, 0.2) is 0 Å². The maximum Gasteiger partial charge on any atom is 0.263 e. The van der Waals surface area contributed by atoms with E-state index in [2.05, 4.69) is 5.32 Å². The second-order valence-corrected chi connectivity index (χ2v) is 4.41. The van der Waals surface area contributed by atoms with E-state index < -0.39 is 0 Å². The van der Waals surface area contributed by atoms with E-state index in [0.29, 0.717) is 19.8 Å². The van der Waals surface area contributed by atoms with Crippen LogP contribution in [0.4, 0.5) is 5.69 Å². The second kappa shape index (κ2) is 9.56. The number of nitriles is 1. The van der Waals surface area contributed by atoms with Gasteiger partial charge in [0.2, 0.25) is 0 Å². The zero-order valence-corrected chi connectivity index (χ0v) is 12.5. The average molecular weight is 287 g/mol. The molecule has 0 aliphatic carbocycles. The topological polar surface area (TPSA) is 65.4 Å². The number of anilines is 1. The molecule has 21 heavy (non-hydrogen) atoms. The fourth-order valence-corrected chi connectivity index (χ4v) is 1.69. The predicted octanol–water partition coefficient (Wildman–Crippen LogP) is 2.07. The number of hydrogen-bond donors (Lipinski definition) is 1. The number of ether oxygens (including phenoxy) is 1. The van der Waals surface area contributed by atoms with Crippen LogP contribution in [-0.2, 0) is 9.53 Å². The number of amides is 1. The molecule has 0 bridgehead atoms. The van der Waals surface area contributed by atoms with Gasteiger partial charge in [-0.3, -0.25) is 4.79 Å². The first-order valence-electron chi connectivity index (χ1n) is 6.94. The standard InChI is InChI=1S/C16H21N3O2/c1-3-21-11-7-10-18-16(20)14(12-17)13-19(2)15-8-5-4-6-9-15/h4-6,8-9,13H,3,7,10-11H2,1-2H3,(H,18,20)/b14-13-. The highest BCUT2D eigenvalue weighted by Crippen LogP contribution is 2.12. The molecule has 0 heterocycles. The van der Waals surface area contributed by atoms with Crippen molar-refractivity contribution in [1.29, 1.82) is 5.26 Å². The first kappa shape index (κ1) is 16.7. The molecule has 1 amide bonds. The van der Waals surface area contributed by atoms with Crippen LogP contribution in [0, 0.1) is 11.3 Å². The number of benzene rings is 1. The van der Waals surface area contributed by atoms with Gasteiger partial charge in [0.1, 0.15) is 11.6 Å². The summed E-state index contributed by atoms with van der Waals surface area (Å²) in [6.45, 7) is 3.69. The van der Waals surface area contributed by atoms with Gasteiger partial charge in [-0.1, -0.05) is 18.2 Å². The van der Waals surface area contributed by atoms with Crippen LogP contribution in [0.1, 0.15) is 13.3 Å². The van der Waals surface area contributed by atoms with Crippen LogP contribution in [0.2, 0.25) is 0 Å². The van der Waals surface area contributed by atoms with Crippen molar-refractivity contribution < 1.29 is 9.53 Å². The van der Waals surface area contributed by atoms with Crippen molar-refractivity contribution >= 4 is 11.6 Å². The third kappa shape index (κ3) is 6.11. The van der Waals surface area contributed by atoms with Gasteiger partial charge in [-0.2, -0.15) is 5.26 Å². The minimum atomic E-state index is -0.364. The third-order valence-electron chi connectivity index (χ3n) is 2.81. The maximum absolute atomic E-state index is 11.9. The monoisotopic (exact) mass is 287 g/mol. The summed E-state index contributed by atoms with van der Waals surface area (Å²) in [5, 5.41) is 11.8. The van der Waals surface area contributed by atoms with Crippen molar-refractivity contribution in [3.63, 3.8) is 0 Å². The molecule has 0 spiro atoms. The van der Waals surface area contributed by atoms with Gasteiger partial charge in [-0.15, -0.1) is 0 Å². The van der Waals surface area contributed by atoms with Gasteiger partial charge in [0, 0.05) is 38.7 Å². The van der Waals surface area contributed by atoms with Gasteiger partial charge in [0.25, 0.3) is 5.91 Å². The summed E-state index contributed by atoms with van der Waals surface area (Å²) < 4.78 is 5.19. The van der Waals surface area contributed by atoms with Gasteiger partial charge in [0.05, 0.1) is 0 Å². The molecule has 0 unspecified atom stereocenters. The first-order chi connectivity index (χ1) is 10.2. The van der Waals surface area contributed by atoms with E-state index >= 15 is 0 Å². The minimum absolute atomic E-state index is 0.0813. The number of rotatable bonds is 8. The molecular formula is C16H21N3O2. The van der Waals surface area contributed by atoms with E-state index in [4.69, 9.17) is 10.00 Å². The molecule has 0 aliphatic heterocycles. The number of nitrogens with zero attached hydrogens (tertiary/aromatic N) is 2. The van der Waals surface area contributed by atoms with Gasteiger partial charge in [-0.25, -0.2) is 0 Å². The molecule has 1 N–H and O–H groups in total. The van der Waals surface area contributed by atoms with E-state index in [1.165, 1.54) is 6.20 Å². The molecule has 0 radical (unpaired) electrons. The lowest BCUT2D eigenvalue weighted by molar-refractivity contribution is -0.117. The van der Waals surface area contributed by atoms with Crippen LogP contribution in [0.3, 0.4) is 0 Å². The van der Waals surface area contributed by atoms with E-state index in [-0.39, 0.29) is 11.5 Å². The van der Waals surface area contributed by atoms with Crippen molar-refractivity contribution in [3.05, 3.63) is 42.1 Å². The lowest BCUT2D eigenvalue weighted by Gasteiger charge is -2.14. The minimum Gasteiger partial charge on any atom is -0.382 e. The Morgan fingerprint density at radius 3 is 2.76 bits per heavy atom. The summed E-state index contributed by atoms with van der Waals surface area (Å²) in [7, 11) is 1.80. The fraction of sp³-hybridized carbons (Fsp3) is 0.375. The molecule has 0 atom stereocenters. The van der Waals surface area contributed by atoms with E-state index in [1.54, 1.807) is 11.9 Å². The van der Waals surface area contributed by atoms with Crippen molar-refractivity contribution in [2.75, 3.05) is 31.7 Å². The van der Waals surface area contributed by atoms with Crippen molar-refractivity contribution in [1.82, 2.24) is 5.32 Å². The summed E-state index contributed by atoms with van der Waals surface area (Å²) in [4.78, 5) is 13.7. The molecule has 1 aromatic rings. The Morgan fingerprint density at radius 1 is 1.43 bits per heavy atom. The van der Waals surface area contributed by atoms with E-state index in [9.17, 15) is 4.79 Å². The predicted molar refractivity (Wildman–Crippen MR) is 82.7 cm³/mol. The molecule has 0 saturated carbocycles. The highest BCUT2D eigenvalue weighted by atomic mass is 16.5. The lowest BCUT2D eigenvalue weighted by Crippen LogP contribution is -2.27. The molecular weight excluding hydrogens is 266 g/mol. The zero-order chi connectivity index (χ0) is 15.5. The Balaban J connectivity index is 2.55. The van der Waals surface area contributed by atoms with Gasteiger partial charge < -0.3 is 15.0 Å². The molecule has 5 heteroatoms. The van der Waals surface area contributed by atoms with Crippen molar-refractivity contribution in [3.8, 4) is 6.07 Å². The van der Waals surface area contributed by atoms with Crippen molar-refractivity contribution in [2.45, 2.75) is 13.3 Å². The largest absolute Gasteiger partial charge is 0.382 e. The Labute approximate surface area is 125 Å². The molecule has 1 aromatic carbocycles. The van der Waals surface area contributed by atoms with Crippen LogP contribution in [-0.4, -0.2) is 32.7 Å². The summed E-state index contributed by atoms with van der Waals surface area (Å²) in [6.07, 6.45) is 2.26. The van der Waals surface area contributed by atoms with E-state index in [0.717, 1.165) is 12.1 Å². The fourth-order valence-electron chi connectivity index (χ4n) is 1.69. The number of nitrogens with one attached hydrogen (secondary N) is 1. The molecule has 0 fully saturated rings. The molecule has 0 saturated heterocycles. The average Bonchev–Trinajstić information content (AvgIpc) is 2.52. The van der Waals surface area contributed by atoms with Crippen molar-refractivity contribution in [2.24, 2.45) is 0 Å². The number of carbonyl (C=O) groups excluding carboxylic acids is 1. The van der Waals surface area contributed by atoms with Gasteiger partial charge >= 0.3 is 0 Å². The molecule has 5 nitrogen and oxygen atoms in total. The number of hydrogen-bond acceptors (Lipinski definition) is 4. The van der Waals surface area contributed by atoms with Crippen LogP contribution in [0.25, 0.3) is 0 Å². The SMILES string of the molecule is CCOCCCNC(=O)/C(C#N)=C\N(C)c1ccccc1. The Kier molecular flexibility index (Phi) is 7.62. The highest BCUT2D eigenvalue weighted by molar-refractivity contribution is 5.97. The lowest BCUT2D eigenvalue weighted by atomic mass is 10.2. The first-order valence-corrected chi connectivity index (χ1v) is 6.94. The second-order valence-electron chi connectivity index (χ2n) is 4.41. The summed E-state index contributed by atoms with van der Waals surface area (Å²) in [5.74, 6) is -0.364. The Bertz CT molecular complexity index is 506. The highest BCUT2D eigenvalue weighted by Gasteiger charge is 2.09. The summed E-state index contributed by atoms with van der Waals surface area (Å²) >= 11 is 0. The van der Waals surface area contributed by atoms with Crippen LogP contribution in [0.5, 0.6) is 0 Å². The molecule has 0 aromatic heterocycles. The molecule has 1 rings (SSSR count). The Hall–Kier alpha value is -2.32. The van der Waals surface area contributed by atoms with Crippen LogP contribution in [0.15, 0.2) is 42.1 Å². The maximum atomic E-state index is 11.9. The quantitative estimate of drug-likeness (QED) is 0.451. The van der Waals surface area contributed by atoms with Gasteiger partial charge in [-0.05, 0) is 25.5 Å². The summed E-state index contributed by atoms with van der Waals surface area (Å²) in [5.41, 5.74) is 0.993. The van der Waals surface area contributed by atoms with E-state index in [1.807, 2.05) is 43.3 Å². The normalized spacial score (nSPS) is 10.8. The molecule has 112 valence electrons. The summed E-state index contributed by atoms with van der Waals surface area (Å²) in [6, 6.07) is 11.5. The number of para-hydroxylation sites is 1. The Morgan fingerprint density at radius 2 is 2.14 bits per heavy atom. The smallest absolute Gasteiger partial charge is 0.263 e. The molecule has 0 aliphatic rings.